The molecule has 4 heteroatoms. The molecule has 92 valence electrons. The maximum Gasteiger partial charge on any atom is 0.0730 e. The maximum absolute atomic E-state index is 9.30. The molecule has 16 heavy (non-hydrogen) atoms. The highest BCUT2D eigenvalue weighted by Crippen LogP contribution is 2.27. The summed E-state index contributed by atoms with van der Waals surface area (Å²) in [6.07, 6.45) is 1.09. The summed E-state index contributed by atoms with van der Waals surface area (Å²) in [6, 6.07) is 2.39. The first kappa shape index (κ1) is 14.2. The Bertz CT molecular complexity index is 307. The second kappa shape index (κ2) is 6.74. The lowest BCUT2D eigenvalue weighted by Crippen LogP contribution is -2.37. The van der Waals surface area contributed by atoms with Gasteiger partial charge in [0.05, 0.1) is 10.4 Å². The fourth-order valence-corrected chi connectivity index (χ4v) is 3.15. The minimum absolute atomic E-state index is 0.200. The largest absolute Gasteiger partial charge is 0.395 e. The zero-order valence-corrected chi connectivity index (χ0v) is 12.5. The van der Waals surface area contributed by atoms with Crippen molar-refractivity contribution in [1.82, 2.24) is 5.32 Å². The molecule has 0 radical (unpaired) electrons. The number of halogens is 1. The first-order chi connectivity index (χ1) is 7.58. The smallest absolute Gasteiger partial charge is 0.0730 e. The molecule has 1 aromatic heterocycles. The summed E-state index contributed by atoms with van der Waals surface area (Å²) in [4.78, 5) is 1.31. The highest BCUT2D eigenvalue weighted by Gasteiger charge is 2.14. The first-order valence-corrected chi connectivity index (χ1v) is 7.28. The van der Waals surface area contributed by atoms with Gasteiger partial charge in [-0.05, 0) is 40.4 Å². The van der Waals surface area contributed by atoms with E-state index in [0.717, 1.165) is 13.0 Å². The van der Waals surface area contributed by atoms with Crippen LogP contribution < -0.4 is 5.32 Å². The third-order valence-corrected chi connectivity index (χ3v) is 5.11. The van der Waals surface area contributed by atoms with Gasteiger partial charge in [0, 0.05) is 17.5 Å². The summed E-state index contributed by atoms with van der Waals surface area (Å²) in [6.45, 7) is 7.47. The van der Waals surface area contributed by atoms with Gasteiger partial charge in [-0.25, -0.2) is 0 Å². The van der Waals surface area contributed by atoms with Crippen LogP contribution in [0, 0.1) is 12.8 Å². The molecule has 0 bridgehead atoms. The van der Waals surface area contributed by atoms with Crippen LogP contribution in [-0.4, -0.2) is 17.8 Å². The fraction of sp³-hybridized carbons (Fsp3) is 0.667. The molecule has 1 heterocycles. The molecule has 0 spiro atoms. The number of aliphatic hydroxyl groups excluding tert-OH is 1. The molecule has 0 amide bonds. The zero-order valence-electron chi connectivity index (χ0n) is 10.1. The van der Waals surface area contributed by atoms with E-state index in [1.165, 1.54) is 14.2 Å². The van der Waals surface area contributed by atoms with Crippen molar-refractivity contribution in [2.45, 2.75) is 39.8 Å². The highest BCUT2D eigenvalue weighted by molar-refractivity contribution is 9.11. The molecule has 0 saturated heterocycles. The Morgan fingerprint density at radius 2 is 2.25 bits per heavy atom. The van der Waals surface area contributed by atoms with Crippen LogP contribution in [0.3, 0.4) is 0 Å². The summed E-state index contributed by atoms with van der Waals surface area (Å²) >= 11 is 5.28. The van der Waals surface area contributed by atoms with Crippen LogP contribution in [0.4, 0.5) is 0 Å². The molecule has 2 nitrogen and oxygen atoms in total. The van der Waals surface area contributed by atoms with Gasteiger partial charge in [0.2, 0.25) is 0 Å². The van der Waals surface area contributed by atoms with Crippen molar-refractivity contribution in [1.29, 1.82) is 0 Å². The maximum atomic E-state index is 9.30. The molecule has 2 unspecified atom stereocenters. The second-order valence-corrected chi connectivity index (χ2v) is 6.68. The van der Waals surface area contributed by atoms with Crippen LogP contribution in [-0.2, 0) is 6.54 Å². The second-order valence-electron chi connectivity index (χ2n) is 4.22. The molecule has 0 aliphatic carbocycles. The lowest BCUT2D eigenvalue weighted by molar-refractivity contribution is 0.201. The van der Waals surface area contributed by atoms with E-state index in [-0.39, 0.29) is 12.6 Å². The zero-order chi connectivity index (χ0) is 12.1. The Morgan fingerprint density at radius 3 is 2.69 bits per heavy atom. The highest BCUT2D eigenvalue weighted by atomic mass is 79.9. The van der Waals surface area contributed by atoms with E-state index in [4.69, 9.17) is 0 Å². The van der Waals surface area contributed by atoms with Gasteiger partial charge in [-0.1, -0.05) is 20.3 Å². The number of rotatable bonds is 6. The molecule has 0 saturated carbocycles. The SMILES string of the molecule is CCC(C)C(CO)NCc1cc(C)c(Br)s1. The van der Waals surface area contributed by atoms with Crippen LogP contribution >= 0.6 is 27.3 Å². The number of thiophene rings is 1. The van der Waals surface area contributed by atoms with Crippen molar-refractivity contribution in [3.05, 3.63) is 20.3 Å². The van der Waals surface area contributed by atoms with Gasteiger partial charge in [0.1, 0.15) is 0 Å². The van der Waals surface area contributed by atoms with Crippen molar-refractivity contribution in [3.8, 4) is 0 Å². The molecule has 2 atom stereocenters. The van der Waals surface area contributed by atoms with Crippen LogP contribution in [0.25, 0.3) is 0 Å². The minimum atomic E-state index is 0.200. The number of aryl methyl sites for hydroxylation is 1. The average Bonchev–Trinajstić information content (AvgIpc) is 2.59. The predicted octanol–water partition coefficient (Wildman–Crippen LogP) is 3.32. The van der Waals surface area contributed by atoms with Gasteiger partial charge >= 0.3 is 0 Å². The minimum Gasteiger partial charge on any atom is -0.395 e. The molecular formula is C12H20BrNOS. The van der Waals surface area contributed by atoms with Crippen molar-refractivity contribution in [3.63, 3.8) is 0 Å². The molecule has 0 aliphatic rings. The molecule has 1 rings (SSSR count). The lowest BCUT2D eigenvalue weighted by atomic mass is 10.00. The van der Waals surface area contributed by atoms with E-state index < -0.39 is 0 Å². The number of aliphatic hydroxyl groups is 1. The van der Waals surface area contributed by atoms with Gasteiger partial charge in [-0.3, -0.25) is 0 Å². The van der Waals surface area contributed by atoms with Crippen molar-refractivity contribution in [2.24, 2.45) is 5.92 Å². The molecule has 0 fully saturated rings. The van der Waals surface area contributed by atoms with Gasteiger partial charge in [-0.2, -0.15) is 0 Å². The van der Waals surface area contributed by atoms with E-state index in [0.29, 0.717) is 5.92 Å². The third-order valence-electron chi connectivity index (χ3n) is 2.97. The molecule has 2 N–H and O–H groups in total. The summed E-state index contributed by atoms with van der Waals surface area (Å²) in [5.41, 5.74) is 1.28. The quantitative estimate of drug-likeness (QED) is 0.845. The standard InChI is InChI=1S/C12H20BrNOS/c1-4-8(2)11(7-15)14-6-10-5-9(3)12(13)16-10/h5,8,11,14-15H,4,6-7H2,1-3H3. The van der Waals surface area contributed by atoms with Gasteiger partial charge in [0.25, 0.3) is 0 Å². The Kier molecular flexibility index (Phi) is 5.97. The van der Waals surface area contributed by atoms with Crippen molar-refractivity contribution in [2.75, 3.05) is 6.61 Å². The first-order valence-electron chi connectivity index (χ1n) is 5.67. The Morgan fingerprint density at radius 1 is 1.56 bits per heavy atom. The topological polar surface area (TPSA) is 32.3 Å². The Hall–Kier alpha value is 0.1000. The van der Waals surface area contributed by atoms with Crippen LogP contribution in [0.5, 0.6) is 0 Å². The summed E-state index contributed by atoms with van der Waals surface area (Å²) in [7, 11) is 0. The van der Waals surface area contributed by atoms with Gasteiger partial charge < -0.3 is 10.4 Å². The van der Waals surface area contributed by atoms with E-state index in [2.05, 4.69) is 48.1 Å². The molecule has 0 aliphatic heterocycles. The van der Waals surface area contributed by atoms with E-state index in [9.17, 15) is 5.11 Å². The normalized spacial score (nSPS) is 15.1. The fourth-order valence-electron chi connectivity index (χ4n) is 1.57. The van der Waals surface area contributed by atoms with E-state index in [1.54, 1.807) is 11.3 Å². The average molecular weight is 306 g/mol. The monoisotopic (exact) mass is 305 g/mol. The van der Waals surface area contributed by atoms with Gasteiger partial charge in [0.15, 0.2) is 0 Å². The van der Waals surface area contributed by atoms with Crippen LogP contribution in [0.1, 0.15) is 30.7 Å². The van der Waals surface area contributed by atoms with Crippen LogP contribution in [0.15, 0.2) is 9.85 Å². The molecule has 1 aromatic rings. The summed E-state index contributed by atoms with van der Waals surface area (Å²) in [5.74, 6) is 0.509. The number of hydrogen-bond donors (Lipinski definition) is 2. The van der Waals surface area contributed by atoms with E-state index >= 15 is 0 Å². The Labute approximate surface area is 110 Å². The van der Waals surface area contributed by atoms with Crippen molar-refractivity contribution < 1.29 is 5.11 Å². The molecule has 0 aromatic carbocycles. The summed E-state index contributed by atoms with van der Waals surface area (Å²) < 4.78 is 1.20. The number of hydrogen-bond acceptors (Lipinski definition) is 3. The third kappa shape index (κ3) is 3.84. The predicted molar refractivity (Wildman–Crippen MR) is 73.9 cm³/mol. The van der Waals surface area contributed by atoms with Crippen LogP contribution in [0.2, 0.25) is 0 Å². The number of nitrogens with one attached hydrogen (secondary N) is 1. The summed E-state index contributed by atoms with van der Waals surface area (Å²) in [5, 5.41) is 12.7. The van der Waals surface area contributed by atoms with E-state index in [1.807, 2.05) is 0 Å². The molecular weight excluding hydrogens is 286 g/mol. The van der Waals surface area contributed by atoms with Crippen molar-refractivity contribution >= 4 is 27.3 Å². The lowest BCUT2D eigenvalue weighted by Gasteiger charge is -2.21. The Balaban J connectivity index is 2.49. The van der Waals surface area contributed by atoms with Gasteiger partial charge in [-0.15, -0.1) is 11.3 Å².